The third-order valence-electron chi connectivity index (χ3n) is 2.05. The van der Waals surface area contributed by atoms with Crippen molar-refractivity contribution in [3.8, 4) is 11.6 Å². The summed E-state index contributed by atoms with van der Waals surface area (Å²) in [6.07, 6.45) is 2.67. The molecule has 0 spiro atoms. The van der Waals surface area contributed by atoms with Crippen molar-refractivity contribution in [1.82, 2.24) is 9.97 Å². The maximum Gasteiger partial charge on any atom is 0.339 e. The molecule has 1 heterocycles. The second-order valence-electron chi connectivity index (χ2n) is 3.27. The molecule has 1 aromatic carbocycles. The number of nitrogens with zero attached hydrogens (tertiary/aromatic N) is 1. The summed E-state index contributed by atoms with van der Waals surface area (Å²) < 4.78 is 5.16. The lowest BCUT2D eigenvalue weighted by molar-refractivity contribution is 0.0694. The lowest BCUT2D eigenvalue weighted by atomic mass is 10.2. The highest BCUT2D eigenvalue weighted by Crippen LogP contribution is 2.25. The van der Waals surface area contributed by atoms with Gasteiger partial charge in [-0.3, -0.25) is 4.79 Å². The number of nitrogens with one attached hydrogen (secondary N) is 1. The van der Waals surface area contributed by atoms with Crippen molar-refractivity contribution in [2.45, 2.75) is 0 Å². The molecule has 0 fully saturated rings. The minimum Gasteiger partial charge on any atom is -0.478 e. The molecule has 2 aromatic rings. The van der Waals surface area contributed by atoms with Gasteiger partial charge >= 0.3 is 11.5 Å². The molecule has 7 heteroatoms. The Morgan fingerprint density at radius 3 is 2.89 bits per heavy atom. The van der Waals surface area contributed by atoms with Gasteiger partial charge in [0.1, 0.15) is 11.3 Å². The monoisotopic (exact) mass is 266 g/mol. The van der Waals surface area contributed by atoms with Crippen molar-refractivity contribution in [3.05, 3.63) is 51.5 Å². The molecule has 0 atom stereocenters. The average Bonchev–Trinajstić information content (AvgIpc) is 2.34. The Labute approximate surface area is 106 Å². The van der Waals surface area contributed by atoms with Crippen LogP contribution in [0.2, 0.25) is 5.02 Å². The van der Waals surface area contributed by atoms with E-state index >= 15 is 0 Å². The fourth-order valence-electron chi connectivity index (χ4n) is 1.27. The Bertz CT molecular complexity index is 653. The van der Waals surface area contributed by atoms with E-state index in [1.807, 2.05) is 0 Å². The number of aromatic amines is 1. The fraction of sp³-hybridized carbons (Fsp3) is 0. The van der Waals surface area contributed by atoms with Gasteiger partial charge < -0.3 is 14.8 Å². The third-order valence-corrected chi connectivity index (χ3v) is 2.29. The molecule has 1 aromatic heterocycles. The number of aromatic nitrogens is 2. The molecule has 0 unspecified atom stereocenters. The van der Waals surface area contributed by atoms with Crippen LogP contribution in [0.15, 0.2) is 35.4 Å². The number of halogens is 1. The van der Waals surface area contributed by atoms with Crippen molar-refractivity contribution in [2.24, 2.45) is 0 Å². The highest BCUT2D eigenvalue weighted by Gasteiger charge is 2.14. The van der Waals surface area contributed by atoms with Crippen molar-refractivity contribution in [3.63, 3.8) is 0 Å². The van der Waals surface area contributed by atoms with Crippen molar-refractivity contribution < 1.29 is 14.6 Å². The number of H-pyrrole nitrogens is 1. The molecular formula is C11H7ClN2O4. The third kappa shape index (κ3) is 2.49. The number of aromatic carboxylic acids is 1. The predicted molar refractivity (Wildman–Crippen MR) is 63.3 cm³/mol. The van der Waals surface area contributed by atoms with Gasteiger partial charge in [0.25, 0.3) is 5.88 Å². The van der Waals surface area contributed by atoms with E-state index in [0.717, 1.165) is 0 Å². The summed E-state index contributed by atoms with van der Waals surface area (Å²) >= 11 is 5.69. The quantitative estimate of drug-likeness (QED) is 0.885. The highest BCUT2D eigenvalue weighted by molar-refractivity contribution is 6.31. The van der Waals surface area contributed by atoms with Gasteiger partial charge in [0.2, 0.25) is 0 Å². The zero-order valence-electron chi connectivity index (χ0n) is 8.88. The lowest BCUT2D eigenvalue weighted by Crippen LogP contribution is -2.10. The summed E-state index contributed by atoms with van der Waals surface area (Å²) in [7, 11) is 0. The first-order valence-electron chi connectivity index (χ1n) is 4.82. The van der Waals surface area contributed by atoms with Crippen LogP contribution >= 0.6 is 11.6 Å². The second kappa shape index (κ2) is 4.89. The van der Waals surface area contributed by atoms with Crippen LogP contribution in [0.1, 0.15) is 10.4 Å². The Balaban J connectivity index is 2.44. The first-order valence-corrected chi connectivity index (χ1v) is 5.20. The Hall–Kier alpha value is -2.34. The van der Waals surface area contributed by atoms with E-state index < -0.39 is 11.5 Å². The van der Waals surface area contributed by atoms with Crippen LogP contribution in [-0.4, -0.2) is 21.0 Å². The van der Waals surface area contributed by atoms with E-state index in [-0.39, 0.29) is 22.2 Å². The van der Waals surface area contributed by atoms with Crippen LogP contribution in [0, 0.1) is 0 Å². The van der Waals surface area contributed by atoms with Crippen LogP contribution in [0.4, 0.5) is 0 Å². The Morgan fingerprint density at radius 2 is 2.22 bits per heavy atom. The summed E-state index contributed by atoms with van der Waals surface area (Å²) in [5.74, 6) is -1.45. The van der Waals surface area contributed by atoms with E-state index in [0.29, 0.717) is 0 Å². The van der Waals surface area contributed by atoms with Crippen molar-refractivity contribution >= 4 is 17.6 Å². The molecule has 0 amide bonds. The van der Waals surface area contributed by atoms with Gasteiger partial charge in [-0.1, -0.05) is 11.6 Å². The van der Waals surface area contributed by atoms with Gasteiger partial charge in [0.15, 0.2) is 0 Å². The standard InChI is InChI=1S/C11H7ClN2O4/c12-6-1-2-8(7(5-6)11(16)17)18-10-9(15)13-3-4-14-10/h1-5H,(H,13,15)(H,16,17). The van der Waals surface area contributed by atoms with Crippen molar-refractivity contribution in [1.29, 1.82) is 0 Å². The van der Waals surface area contributed by atoms with Gasteiger partial charge in [0, 0.05) is 17.4 Å². The number of carboxylic acid groups (broad SMARTS) is 1. The number of rotatable bonds is 3. The first-order chi connectivity index (χ1) is 8.58. The van der Waals surface area contributed by atoms with Crippen LogP contribution < -0.4 is 10.3 Å². The number of hydrogen-bond donors (Lipinski definition) is 2. The minimum atomic E-state index is -1.21. The van der Waals surface area contributed by atoms with Gasteiger partial charge in [-0.15, -0.1) is 0 Å². The maximum atomic E-state index is 11.4. The molecule has 0 aliphatic carbocycles. The topological polar surface area (TPSA) is 92.3 Å². The molecule has 6 nitrogen and oxygen atoms in total. The fourth-order valence-corrected chi connectivity index (χ4v) is 1.45. The molecule has 2 N–H and O–H groups in total. The zero-order valence-corrected chi connectivity index (χ0v) is 9.64. The number of hydrogen-bond acceptors (Lipinski definition) is 4. The van der Waals surface area contributed by atoms with Gasteiger partial charge in [0.05, 0.1) is 0 Å². The predicted octanol–water partition coefficient (Wildman–Crippen LogP) is 1.91. The van der Waals surface area contributed by atoms with Gasteiger partial charge in [-0.2, -0.15) is 0 Å². The molecule has 92 valence electrons. The highest BCUT2D eigenvalue weighted by atomic mass is 35.5. The number of carbonyl (C=O) groups is 1. The molecule has 0 bridgehead atoms. The average molecular weight is 267 g/mol. The van der Waals surface area contributed by atoms with Crippen LogP contribution in [0.25, 0.3) is 0 Å². The molecule has 0 aliphatic rings. The van der Waals surface area contributed by atoms with Crippen LogP contribution in [-0.2, 0) is 0 Å². The van der Waals surface area contributed by atoms with E-state index in [1.54, 1.807) is 0 Å². The lowest BCUT2D eigenvalue weighted by Gasteiger charge is -2.06. The summed E-state index contributed by atoms with van der Waals surface area (Å²) in [6.45, 7) is 0. The maximum absolute atomic E-state index is 11.4. The molecule has 0 radical (unpaired) electrons. The molecule has 0 saturated heterocycles. The largest absolute Gasteiger partial charge is 0.478 e. The zero-order chi connectivity index (χ0) is 13.1. The minimum absolute atomic E-state index is 0.00361. The summed E-state index contributed by atoms with van der Waals surface area (Å²) in [4.78, 5) is 28.4. The Morgan fingerprint density at radius 1 is 1.44 bits per heavy atom. The smallest absolute Gasteiger partial charge is 0.339 e. The second-order valence-corrected chi connectivity index (χ2v) is 3.71. The van der Waals surface area contributed by atoms with E-state index in [4.69, 9.17) is 21.4 Å². The van der Waals surface area contributed by atoms with E-state index in [2.05, 4.69) is 9.97 Å². The van der Waals surface area contributed by atoms with Gasteiger partial charge in [-0.05, 0) is 18.2 Å². The molecule has 0 aliphatic heterocycles. The first kappa shape index (κ1) is 12.1. The number of benzene rings is 1. The van der Waals surface area contributed by atoms with E-state index in [1.165, 1.54) is 30.6 Å². The molecule has 18 heavy (non-hydrogen) atoms. The summed E-state index contributed by atoms with van der Waals surface area (Å²) in [5, 5.41) is 9.25. The molecule has 0 saturated carbocycles. The SMILES string of the molecule is O=C(O)c1cc(Cl)ccc1Oc1ncc[nH]c1=O. The number of carboxylic acids is 1. The van der Waals surface area contributed by atoms with Crippen molar-refractivity contribution in [2.75, 3.05) is 0 Å². The van der Waals surface area contributed by atoms with Crippen LogP contribution in [0.3, 0.4) is 0 Å². The summed E-state index contributed by atoms with van der Waals surface area (Å²) in [6, 6.07) is 4.05. The summed E-state index contributed by atoms with van der Waals surface area (Å²) in [5.41, 5.74) is -0.698. The normalized spacial score (nSPS) is 10.1. The van der Waals surface area contributed by atoms with Crippen LogP contribution in [0.5, 0.6) is 11.6 Å². The van der Waals surface area contributed by atoms with E-state index in [9.17, 15) is 9.59 Å². The molecule has 2 rings (SSSR count). The number of ether oxygens (including phenoxy) is 1. The molecular weight excluding hydrogens is 260 g/mol. The Kier molecular flexibility index (Phi) is 3.29. The van der Waals surface area contributed by atoms with Gasteiger partial charge in [-0.25, -0.2) is 9.78 Å².